The van der Waals surface area contributed by atoms with Crippen LogP contribution in [0.15, 0.2) is 41.8 Å². The predicted molar refractivity (Wildman–Crippen MR) is 87.0 cm³/mol. The van der Waals surface area contributed by atoms with E-state index in [9.17, 15) is 4.79 Å². The van der Waals surface area contributed by atoms with Crippen molar-refractivity contribution in [3.05, 3.63) is 51.7 Å². The summed E-state index contributed by atoms with van der Waals surface area (Å²) in [6.45, 7) is 0. The number of halogens is 1. The molecule has 0 aliphatic rings. The van der Waals surface area contributed by atoms with E-state index >= 15 is 0 Å². The van der Waals surface area contributed by atoms with Crippen molar-refractivity contribution in [1.82, 2.24) is 10.2 Å². The number of nitrogens with zero attached hydrogens (tertiary/aromatic N) is 2. The summed E-state index contributed by atoms with van der Waals surface area (Å²) in [7, 11) is 0. The van der Waals surface area contributed by atoms with E-state index in [0.29, 0.717) is 16.6 Å². The van der Waals surface area contributed by atoms with Crippen LogP contribution >= 0.6 is 34.3 Å². The lowest BCUT2D eigenvalue weighted by atomic mass is 10.2. The Hall–Kier alpha value is -1.76. The van der Waals surface area contributed by atoms with Gasteiger partial charge >= 0.3 is 0 Å². The Morgan fingerprint density at radius 1 is 1.19 bits per heavy atom. The van der Waals surface area contributed by atoms with E-state index in [2.05, 4.69) is 15.5 Å². The third-order valence-corrected chi connectivity index (χ3v) is 4.69. The second kappa shape index (κ2) is 6.34. The maximum atomic E-state index is 11.9. The van der Waals surface area contributed by atoms with Gasteiger partial charge in [-0.1, -0.05) is 41.1 Å². The molecule has 0 atom stereocenters. The summed E-state index contributed by atoms with van der Waals surface area (Å²) in [4.78, 5) is 12.9. The van der Waals surface area contributed by atoms with Crippen LogP contribution in [0.2, 0.25) is 5.02 Å². The van der Waals surface area contributed by atoms with Crippen molar-refractivity contribution in [3.63, 3.8) is 0 Å². The van der Waals surface area contributed by atoms with Crippen LogP contribution in [-0.4, -0.2) is 16.1 Å². The normalized spacial score (nSPS) is 10.5. The number of benzene rings is 1. The highest BCUT2D eigenvalue weighted by Gasteiger charge is 2.10. The van der Waals surface area contributed by atoms with Crippen molar-refractivity contribution >= 4 is 45.3 Å². The van der Waals surface area contributed by atoms with Gasteiger partial charge in [0.2, 0.25) is 11.0 Å². The van der Waals surface area contributed by atoms with Crippen LogP contribution in [0.25, 0.3) is 10.6 Å². The van der Waals surface area contributed by atoms with Crippen LogP contribution < -0.4 is 5.32 Å². The number of anilines is 1. The minimum absolute atomic E-state index is 0.0868. The van der Waals surface area contributed by atoms with E-state index in [1.54, 1.807) is 23.5 Å². The average molecular weight is 336 g/mol. The molecule has 2 aromatic heterocycles. The molecular weight excluding hydrogens is 326 g/mol. The largest absolute Gasteiger partial charge is 0.300 e. The van der Waals surface area contributed by atoms with Gasteiger partial charge in [-0.15, -0.1) is 21.5 Å². The molecule has 21 heavy (non-hydrogen) atoms. The molecule has 0 saturated carbocycles. The van der Waals surface area contributed by atoms with Gasteiger partial charge in [-0.2, -0.15) is 0 Å². The smallest absolute Gasteiger partial charge is 0.231 e. The summed E-state index contributed by atoms with van der Waals surface area (Å²) in [5, 5.41) is 14.7. The number of carbonyl (C=O) groups is 1. The first-order chi connectivity index (χ1) is 10.2. The van der Waals surface area contributed by atoms with Crippen LogP contribution in [0.3, 0.4) is 0 Å². The molecule has 106 valence electrons. The van der Waals surface area contributed by atoms with Gasteiger partial charge in [-0.05, 0) is 23.6 Å². The van der Waals surface area contributed by atoms with Gasteiger partial charge in [0, 0.05) is 15.5 Å². The Morgan fingerprint density at radius 3 is 2.71 bits per heavy atom. The van der Waals surface area contributed by atoms with Crippen LogP contribution in [0.5, 0.6) is 0 Å². The Bertz CT molecular complexity index is 738. The van der Waals surface area contributed by atoms with E-state index in [1.165, 1.54) is 11.3 Å². The van der Waals surface area contributed by atoms with Gasteiger partial charge in [0.05, 0.1) is 6.42 Å². The molecule has 3 rings (SSSR count). The van der Waals surface area contributed by atoms with Crippen LogP contribution in [0, 0.1) is 0 Å². The number of rotatable bonds is 4. The number of thiophene rings is 1. The Labute approximate surface area is 134 Å². The maximum Gasteiger partial charge on any atom is 0.231 e. The highest BCUT2D eigenvalue weighted by atomic mass is 35.5. The molecule has 0 saturated heterocycles. The zero-order valence-electron chi connectivity index (χ0n) is 10.7. The second-order valence-electron chi connectivity index (χ2n) is 4.22. The van der Waals surface area contributed by atoms with E-state index in [1.807, 2.05) is 29.6 Å². The van der Waals surface area contributed by atoms with Crippen LogP contribution in [0.1, 0.15) is 4.88 Å². The molecule has 1 amide bonds. The third-order valence-electron chi connectivity index (χ3n) is 2.68. The van der Waals surface area contributed by atoms with Crippen molar-refractivity contribution in [2.24, 2.45) is 0 Å². The first kappa shape index (κ1) is 14.2. The van der Waals surface area contributed by atoms with Gasteiger partial charge in [0.15, 0.2) is 0 Å². The molecule has 4 nitrogen and oxygen atoms in total. The van der Waals surface area contributed by atoms with Crippen LogP contribution in [-0.2, 0) is 11.2 Å². The molecule has 0 aliphatic heterocycles. The minimum atomic E-state index is -0.0868. The van der Waals surface area contributed by atoms with Crippen molar-refractivity contribution in [2.45, 2.75) is 6.42 Å². The van der Waals surface area contributed by atoms with E-state index in [4.69, 9.17) is 11.6 Å². The van der Waals surface area contributed by atoms with Gasteiger partial charge in [-0.25, -0.2) is 0 Å². The molecule has 3 aromatic rings. The Balaban J connectivity index is 1.67. The number of aromatic nitrogens is 2. The van der Waals surface area contributed by atoms with Crippen molar-refractivity contribution < 1.29 is 4.79 Å². The van der Waals surface area contributed by atoms with E-state index in [0.717, 1.165) is 15.4 Å². The fraction of sp³-hybridized carbons (Fsp3) is 0.0714. The second-order valence-corrected chi connectivity index (χ2v) is 6.67. The molecule has 1 N–H and O–H groups in total. The molecule has 2 heterocycles. The first-order valence-corrected chi connectivity index (χ1v) is 8.20. The fourth-order valence-corrected chi connectivity index (χ4v) is 3.31. The number of hydrogen-bond donors (Lipinski definition) is 1. The average Bonchev–Trinajstić information content (AvgIpc) is 3.11. The number of nitrogens with one attached hydrogen (secondary N) is 1. The standard InChI is InChI=1S/C14H10ClN3OS2/c15-10-5-3-9(4-6-10)13-17-18-14(21-13)16-12(19)8-11-2-1-7-20-11/h1-7H,8H2,(H,16,18,19). The van der Waals surface area contributed by atoms with E-state index in [-0.39, 0.29) is 5.91 Å². The number of hydrogen-bond acceptors (Lipinski definition) is 5. The summed E-state index contributed by atoms with van der Waals surface area (Å²) in [6.07, 6.45) is 0.355. The summed E-state index contributed by atoms with van der Waals surface area (Å²) in [5.41, 5.74) is 0.927. The highest BCUT2D eigenvalue weighted by Crippen LogP contribution is 2.27. The quantitative estimate of drug-likeness (QED) is 0.781. The van der Waals surface area contributed by atoms with E-state index < -0.39 is 0 Å². The fourth-order valence-electron chi connectivity index (χ4n) is 1.72. The SMILES string of the molecule is O=C(Cc1cccs1)Nc1nnc(-c2ccc(Cl)cc2)s1. The Kier molecular flexibility index (Phi) is 4.28. The van der Waals surface area contributed by atoms with Crippen molar-refractivity contribution in [3.8, 4) is 10.6 Å². The molecule has 0 fully saturated rings. The zero-order chi connectivity index (χ0) is 14.7. The minimum Gasteiger partial charge on any atom is -0.300 e. The summed E-state index contributed by atoms with van der Waals surface area (Å²) in [5.74, 6) is -0.0868. The van der Waals surface area contributed by atoms with Crippen molar-refractivity contribution in [1.29, 1.82) is 0 Å². The molecule has 0 aliphatic carbocycles. The maximum absolute atomic E-state index is 11.9. The molecule has 0 bridgehead atoms. The lowest BCUT2D eigenvalue weighted by Gasteiger charge is -1.98. The van der Waals surface area contributed by atoms with Gasteiger partial charge in [0.25, 0.3) is 0 Å². The van der Waals surface area contributed by atoms with Crippen LogP contribution in [0.4, 0.5) is 5.13 Å². The summed E-state index contributed by atoms with van der Waals surface area (Å²) in [6, 6.07) is 11.2. The molecule has 0 radical (unpaired) electrons. The molecule has 7 heteroatoms. The summed E-state index contributed by atoms with van der Waals surface area (Å²) < 4.78 is 0. The molecule has 0 unspecified atom stereocenters. The van der Waals surface area contributed by atoms with Gasteiger partial charge in [-0.3, -0.25) is 4.79 Å². The van der Waals surface area contributed by atoms with Crippen molar-refractivity contribution in [2.75, 3.05) is 5.32 Å². The monoisotopic (exact) mass is 335 g/mol. The number of amides is 1. The molecule has 1 aromatic carbocycles. The number of carbonyl (C=O) groups excluding carboxylic acids is 1. The predicted octanol–water partition coefficient (Wildman–Crippen LogP) is 4.10. The van der Waals surface area contributed by atoms with Gasteiger partial charge < -0.3 is 5.32 Å². The molecule has 0 spiro atoms. The zero-order valence-corrected chi connectivity index (χ0v) is 13.1. The topological polar surface area (TPSA) is 54.9 Å². The molecular formula is C14H10ClN3OS2. The summed E-state index contributed by atoms with van der Waals surface area (Å²) >= 11 is 8.75. The lowest BCUT2D eigenvalue weighted by molar-refractivity contribution is -0.115. The Morgan fingerprint density at radius 2 is 2.00 bits per heavy atom. The lowest BCUT2D eigenvalue weighted by Crippen LogP contribution is -2.13. The highest BCUT2D eigenvalue weighted by molar-refractivity contribution is 7.18. The van der Waals surface area contributed by atoms with Gasteiger partial charge in [0.1, 0.15) is 5.01 Å². The third kappa shape index (κ3) is 3.66. The first-order valence-electron chi connectivity index (χ1n) is 6.12.